The Morgan fingerprint density at radius 3 is 2.25 bits per heavy atom. The van der Waals surface area contributed by atoms with Crippen molar-refractivity contribution in [3.8, 4) is 11.5 Å². The number of ether oxygens (including phenoxy) is 2. The van der Waals surface area contributed by atoms with Crippen molar-refractivity contribution in [2.45, 2.75) is 65.0 Å². The fraction of sp³-hybridized carbons (Fsp3) is 0.378. The largest absolute Gasteiger partial charge is 0.493 e. The Morgan fingerprint density at radius 2 is 1.64 bits per heavy atom. The van der Waals surface area contributed by atoms with Crippen LogP contribution in [-0.4, -0.2) is 43.1 Å². The van der Waals surface area contributed by atoms with Crippen molar-refractivity contribution in [1.29, 1.82) is 0 Å². The molecule has 0 amide bonds. The van der Waals surface area contributed by atoms with Crippen molar-refractivity contribution >= 4 is 35.0 Å². The average molecular weight is 621 g/mol. The molecule has 1 saturated heterocycles. The summed E-state index contributed by atoms with van der Waals surface area (Å²) in [7, 11) is 1.00. The first-order chi connectivity index (χ1) is 21.5. The zero-order valence-corrected chi connectivity index (χ0v) is 27.5. The van der Waals surface area contributed by atoms with Crippen LogP contribution >= 0.6 is 11.8 Å². The Labute approximate surface area is 268 Å². The SMILES string of the molecule is C/C=C(/c1ccccc1)c1ccc(OCCCOc2ccc(C3SC(=O)CC(CC)C3=O)cc2)c(CCC)c1C.C=O.CO.[HH]. The molecule has 4 rings (SSSR count). The van der Waals surface area contributed by atoms with Gasteiger partial charge in [0.15, 0.2) is 10.9 Å². The van der Waals surface area contributed by atoms with Crippen LogP contribution in [0, 0.1) is 12.8 Å². The molecule has 2 unspecified atom stereocenters. The van der Waals surface area contributed by atoms with Gasteiger partial charge in [0.25, 0.3) is 0 Å². The van der Waals surface area contributed by atoms with Crippen LogP contribution in [0.1, 0.15) is 80.9 Å². The Balaban J connectivity index is 0.00000195. The number of hydrogen-bond acceptors (Lipinski definition) is 7. The summed E-state index contributed by atoms with van der Waals surface area (Å²) in [5.41, 5.74) is 7.12. The molecule has 238 valence electrons. The van der Waals surface area contributed by atoms with Crippen LogP contribution in [0.3, 0.4) is 0 Å². The molecular formula is C37H48O6S. The van der Waals surface area contributed by atoms with E-state index in [4.69, 9.17) is 19.4 Å². The molecule has 0 radical (unpaired) electrons. The van der Waals surface area contributed by atoms with E-state index in [1.54, 1.807) is 0 Å². The number of aliphatic hydroxyl groups excluding tert-OH is 1. The highest BCUT2D eigenvalue weighted by atomic mass is 32.2. The number of aliphatic hydroxyl groups is 1. The third-order valence-electron chi connectivity index (χ3n) is 7.53. The standard InChI is InChI=1S/C35H40O4S.CH4O.CH2O.H2/c1-5-12-31-24(4)30(29(7-3)26-13-9-8-10-14-26)19-20-32(31)39-22-11-21-38-28-17-15-27(16-18-28)35-34(37)25(6-2)23-33(36)40-35;2*1-2;/h7-10,13-20,25,35H,5-6,11-12,21-23H2,1-4H3;2H,1H3;1H2;1H/b29-7-;;;. The van der Waals surface area contributed by atoms with E-state index in [1.165, 1.54) is 27.8 Å². The number of allylic oxidation sites excluding steroid dienone is 1. The maximum atomic E-state index is 12.7. The van der Waals surface area contributed by atoms with Gasteiger partial charge in [-0.1, -0.05) is 86.6 Å². The van der Waals surface area contributed by atoms with Crippen molar-refractivity contribution < 1.29 is 30.4 Å². The fourth-order valence-electron chi connectivity index (χ4n) is 5.32. The molecule has 6 nitrogen and oxygen atoms in total. The lowest BCUT2D eigenvalue weighted by atomic mass is 9.90. The molecule has 44 heavy (non-hydrogen) atoms. The summed E-state index contributed by atoms with van der Waals surface area (Å²) in [6.07, 6.45) is 6.02. The van der Waals surface area contributed by atoms with Gasteiger partial charge in [-0.2, -0.15) is 0 Å². The number of thioether (sulfide) groups is 1. The Kier molecular flexibility index (Phi) is 16.2. The summed E-state index contributed by atoms with van der Waals surface area (Å²) in [5.74, 6) is 1.69. The molecular weight excluding hydrogens is 572 g/mol. The quantitative estimate of drug-likeness (QED) is 0.204. The van der Waals surface area contributed by atoms with Gasteiger partial charge in [0.05, 0.1) is 18.5 Å². The van der Waals surface area contributed by atoms with Gasteiger partial charge in [-0.25, -0.2) is 0 Å². The third-order valence-corrected chi connectivity index (χ3v) is 8.70. The zero-order valence-electron chi connectivity index (χ0n) is 26.6. The number of benzene rings is 3. The number of ketones is 1. The van der Waals surface area contributed by atoms with Crippen molar-refractivity contribution in [3.63, 3.8) is 0 Å². The van der Waals surface area contributed by atoms with E-state index in [0.29, 0.717) is 26.1 Å². The molecule has 0 saturated carbocycles. The van der Waals surface area contributed by atoms with Gasteiger partial charge >= 0.3 is 0 Å². The molecule has 0 aliphatic carbocycles. The summed E-state index contributed by atoms with van der Waals surface area (Å²) in [6.45, 7) is 11.6. The van der Waals surface area contributed by atoms with Crippen molar-refractivity contribution in [2.24, 2.45) is 5.92 Å². The average Bonchev–Trinajstić information content (AvgIpc) is 3.07. The van der Waals surface area contributed by atoms with E-state index >= 15 is 0 Å². The maximum Gasteiger partial charge on any atom is 0.190 e. The molecule has 1 aliphatic heterocycles. The van der Waals surface area contributed by atoms with Crippen molar-refractivity contribution in [2.75, 3.05) is 20.3 Å². The minimum atomic E-state index is -0.405. The lowest BCUT2D eigenvalue weighted by molar-refractivity contribution is -0.126. The first kappa shape index (κ1) is 36.5. The second-order valence-electron chi connectivity index (χ2n) is 10.2. The van der Waals surface area contributed by atoms with Crippen LogP contribution in [0.5, 0.6) is 11.5 Å². The minimum Gasteiger partial charge on any atom is -0.493 e. The molecule has 7 heteroatoms. The molecule has 3 aromatic rings. The molecule has 0 aromatic heterocycles. The van der Waals surface area contributed by atoms with Gasteiger partial charge in [0.1, 0.15) is 18.3 Å². The van der Waals surface area contributed by atoms with Gasteiger partial charge in [-0.15, -0.1) is 0 Å². The Bertz CT molecular complexity index is 1360. The number of carbonyl (C=O) groups excluding carboxylic acids is 3. The van der Waals surface area contributed by atoms with Gasteiger partial charge in [0.2, 0.25) is 0 Å². The molecule has 1 heterocycles. The predicted molar refractivity (Wildman–Crippen MR) is 183 cm³/mol. The number of rotatable bonds is 12. The third kappa shape index (κ3) is 9.66. The summed E-state index contributed by atoms with van der Waals surface area (Å²) < 4.78 is 12.2. The van der Waals surface area contributed by atoms with E-state index in [1.807, 2.05) is 44.0 Å². The monoisotopic (exact) mass is 620 g/mol. The molecule has 3 aromatic carbocycles. The summed E-state index contributed by atoms with van der Waals surface area (Å²) in [5, 5.41) is 6.69. The van der Waals surface area contributed by atoms with E-state index in [0.717, 1.165) is 55.2 Å². The van der Waals surface area contributed by atoms with Crippen LogP contribution < -0.4 is 9.47 Å². The fourth-order valence-corrected chi connectivity index (χ4v) is 6.48. The second-order valence-corrected chi connectivity index (χ2v) is 11.4. The van der Waals surface area contributed by atoms with E-state index in [9.17, 15) is 9.59 Å². The minimum absolute atomic E-state index is 0. The van der Waals surface area contributed by atoms with Crippen molar-refractivity contribution in [1.82, 2.24) is 0 Å². The van der Waals surface area contributed by atoms with Crippen LogP contribution in [0.15, 0.2) is 72.8 Å². The van der Waals surface area contributed by atoms with Gasteiger partial charge < -0.3 is 19.4 Å². The van der Waals surface area contributed by atoms with E-state index in [-0.39, 0.29) is 18.2 Å². The lowest BCUT2D eigenvalue weighted by Crippen LogP contribution is -2.27. The Morgan fingerprint density at radius 1 is 0.977 bits per heavy atom. The van der Waals surface area contributed by atoms with Gasteiger partial charge in [-0.3, -0.25) is 9.59 Å². The zero-order chi connectivity index (χ0) is 32.5. The lowest BCUT2D eigenvalue weighted by Gasteiger charge is -2.25. The first-order valence-electron chi connectivity index (χ1n) is 15.1. The molecule has 2 atom stereocenters. The Hall–Kier alpha value is -3.68. The molecule has 0 spiro atoms. The molecule has 1 N–H and O–H groups in total. The highest BCUT2D eigenvalue weighted by Gasteiger charge is 2.36. The summed E-state index contributed by atoms with van der Waals surface area (Å²) in [6, 6.07) is 22.4. The van der Waals surface area contributed by atoms with Crippen LogP contribution in [0.2, 0.25) is 0 Å². The number of Topliss-reactive ketones (excluding diaryl/α,β-unsaturated/α-hetero) is 1. The topological polar surface area (TPSA) is 89.9 Å². The highest BCUT2D eigenvalue weighted by molar-refractivity contribution is 8.14. The second kappa shape index (κ2) is 19.6. The number of hydrogen-bond donors (Lipinski definition) is 1. The van der Waals surface area contributed by atoms with E-state index in [2.05, 4.69) is 63.2 Å². The number of carbonyl (C=O) groups is 3. The normalized spacial score (nSPS) is 16.3. The summed E-state index contributed by atoms with van der Waals surface area (Å²) in [4.78, 5) is 32.8. The van der Waals surface area contributed by atoms with Crippen molar-refractivity contribution in [3.05, 3.63) is 101 Å². The highest BCUT2D eigenvalue weighted by Crippen LogP contribution is 2.40. The van der Waals surface area contributed by atoms with Gasteiger partial charge in [-0.05, 0) is 78.3 Å². The van der Waals surface area contributed by atoms with Crippen LogP contribution in [0.25, 0.3) is 5.57 Å². The smallest absolute Gasteiger partial charge is 0.190 e. The molecule has 0 bridgehead atoms. The first-order valence-corrected chi connectivity index (χ1v) is 16.0. The van der Waals surface area contributed by atoms with Crippen LogP contribution in [-0.2, 0) is 20.8 Å². The summed E-state index contributed by atoms with van der Waals surface area (Å²) >= 11 is 1.15. The predicted octanol–water partition coefficient (Wildman–Crippen LogP) is 8.22. The van der Waals surface area contributed by atoms with Gasteiger partial charge in [0, 0.05) is 27.3 Å². The maximum absolute atomic E-state index is 12.7. The molecule has 1 aliphatic rings. The molecule has 1 fully saturated rings. The van der Waals surface area contributed by atoms with Crippen LogP contribution in [0.4, 0.5) is 0 Å². The van der Waals surface area contributed by atoms with E-state index < -0.39 is 5.25 Å².